The van der Waals surface area contributed by atoms with Gasteiger partial charge >= 0.3 is 0 Å². The summed E-state index contributed by atoms with van der Waals surface area (Å²) in [6.45, 7) is 1.43. The van der Waals surface area contributed by atoms with Crippen LogP contribution in [0.2, 0.25) is 5.02 Å². The molecule has 1 atom stereocenters. The fraction of sp³-hybridized carbons (Fsp3) is 0.133. The number of benzene rings is 2. The largest absolute Gasteiger partial charge is 0.241 e. The van der Waals surface area contributed by atoms with Gasteiger partial charge in [0.05, 0.1) is 15.5 Å². The Labute approximate surface area is 137 Å². The van der Waals surface area contributed by atoms with Crippen molar-refractivity contribution >= 4 is 21.6 Å². The topological polar surface area (TPSA) is 70.0 Å². The Balaban J connectivity index is 2.32. The van der Waals surface area contributed by atoms with Gasteiger partial charge in [-0.2, -0.15) is 5.26 Å². The molecule has 1 unspecified atom stereocenters. The van der Waals surface area contributed by atoms with E-state index in [1.165, 1.54) is 25.1 Å². The van der Waals surface area contributed by atoms with Gasteiger partial charge in [0.1, 0.15) is 17.7 Å². The maximum Gasteiger partial charge on any atom is 0.241 e. The molecule has 2 aromatic carbocycles. The molecular weight excluding hydrogens is 346 g/mol. The van der Waals surface area contributed by atoms with Gasteiger partial charge < -0.3 is 0 Å². The van der Waals surface area contributed by atoms with Crippen LogP contribution in [-0.4, -0.2) is 8.42 Å². The highest BCUT2D eigenvalue weighted by Crippen LogP contribution is 2.23. The highest BCUT2D eigenvalue weighted by Gasteiger charge is 2.21. The van der Waals surface area contributed by atoms with Crippen LogP contribution in [0.15, 0.2) is 41.3 Å². The monoisotopic (exact) mass is 356 g/mol. The summed E-state index contributed by atoms with van der Waals surface area (Å²) in [5.74, 6) is -1.60. The van der Waals surface area contributed by atoms with Gasteiger partial charge in [0, 0.05) is 17.7 Å². The summed E-state index contributed by atoms with van der Waals surface area (Å²) >= 11 is 5.76. The van der Waals surface area contributed by atoms with Crippen LogP contribution in [0.3, 0.4) is 0 Å². The zero-order valence-corrected chi connectivity index (χ0v) is 13.4. The van der Waals surface area contributed by atoms with E-state index < -0.39 is 27.7 Å². The van der Waals surface area contributed by atoms with E-state index in [0.29, 0.717) is 6.07 Å². The second-order valence-electron chi connectivity index (χ2n) is 4.76. The van der Waals surface area contributed by atoms with E-state index >= 15 is 0 Å². The third kappa shape index (κ3) is 3.85. The molecule has 0 fully saturated rings. The minimum Gasteiger partial charge on any atom is -0.207 e. The van der Waals surface area contributed by atoms with Gasteiger partial charge in [-0.05, 0) is 31.2 Å². The molecule has 0 amide bonds. The van der Waals surface area contributed by atoms with Crippen molar-refractivity contribution in [3.63, 3.8) is 0 Å². The lowest BCUT2D eigenvalue weighted by molar-refractivity contribution is 0.540. The van der Waals surface area contributed by atoms with Crippen molar-refractivity contribution in [1.82, 2.24) is 4.72 Å². The van der Waals surface area contributed by atoms with Gasteiger partial charge in [-0.25, -0.2) is 21.9 Å². The van der Waals surface area contributed by atoms with Crippen LogP contribution in [0.5, 0.6) is 0 Å². The summed E-state index contributed by atoms with van der Waals surface area (Å²) in [6, 6.07) is 7.39. The van der Waals surface area contributed by atoms with E-state index in [1.54, 1.807) is 6.07 Å². The highest BCUT2D eigenvalue weighted by molar-refractivity contribution is 7.89. The van der Waals surface area contributed by atoms with Crippen LogP contribution < -0.4 is 4.72 Å². The normalized spacial score (nSPS) is 12.7. The summed E-state index contributed by atoms with van der Waals surface area (Å²) in [4.78, 5) is -0.173. The maximum absolute atomic E-state index is 13.7. The number of nitrogens with one attached hydrogen (secondary N) is 1. The molecule has 0 heterocycles. The zero-order chi connectivity index (χ0) is 17.2. The molecule has 8 heteroatoms. The molecule has 120 valence electrons. The van der Waals surface area contributed by atoms with E-state index in [-0.39, 0.29) is 21.0 Å². The molecule has 0 radical (unpaired) electrons. The van der Waals surface area contributed by atoms with Gasteiger partial charge in [-0.1, -0.05) is 17.7 Å². The summed E-state index contributed by atoms with van der Waals surface area (Å²) in [5.41, 5.74) is 0.0135. The van der Waals surface area contributed by atoms with E-state index in [1.807, 2.05) is 0 Å². The number of hydrogen-bond donors (Lipinski definition) is 1. The van der Waals surface area contributed by atoms with E-state index in [9.17, 15) is 17.2 Å². The number of halogens is 3. The molecule has 2 aromatic rings. The van der Waals surface area contributed by atoms with Crippen molar-refractivity contribution in [2.24, 2.45) is 0 Å². The Morgan fingerprint density at radius 3 is 2.52 bits per heavy atom. The molecule has 4 nitrogen and oxygen atoms in total. The molecule has 0 saturated heterocycles. The molecule has 2 rings (SSSR count). The van der Waals surface area contributed by atoms with Crippen LogP contribution >= 0.6 is 11.6 Å². The average Bonchev–Trinajstić information content (AvgIpc) is 2.46. The highest BCUT2D eigenvalue weighted by atomic mass is 35.5. The Morgan fingerprint density at radius 1 is 1.22 bits per heavy atom. The fourth-order valence-electron chi connectivity index (χ4n) is 1.97. The van der Waals surface area contributed by atoms with E-state index in [0.717, 1.165) is 12.1 Å². The fourth-order valence-corrected chi connectivity index (χ4v) is 3.38. The number of rotatable bonds is 4. The Kier molecular flexibility index (Phi) is 5.00. The molecular formula is C15H11ClF2N2O2S. The SMILES string of the molecule is CC(NS(=O)(=O)c1ccc(Cl)c(C#N)c1)c1ccc(F)cc1F. The predicted octanol–water partition coefficient (Wildman–Crippen LogP) is 3.53. The minimum atomic E-state index is -4.00. The molecule has 1 N–H and O–H groups in total. The first-order valence-corrected chi connectivity index (χ1v) is 8.27. The summed E-state index contributed by atoms with van der Waals surface area (Å²) in [5, 5.41) is 9.02. The average molecular weight is 357 g/mol. The smallest absolute Gasteiger partial charge is 0.207 e. The van der Waals surface area contributed by atoms with Crippen LogP contribution in [0, 0.1) is 23.0 Å². The Hall–Kier alpha value is -2.01. The first-order chi connectivity index (χ1) is 10.7. The summed E-state index contributed by atoms with van der Waals surface area (Å²) in [7, 11) is -4.00. The Bertz CT molecular complexity index is 895. The molecule has 0 bridgehead atoms. The third-order valence-corrected chi connectivity index (χ3v) is 5.00. The van der Waals surface area contributed by atoms with E-state index in [2.05, 4.69) is 4.72 Å². The Morgan fingerprint density at radius 2 is 1.91 bits per heavy atom. The molecule has 23 heavy (non-hydrogen) atoms. The molecule has 0 spiro atoms. The number of nitrogens with zero attached hydrogens (tertiary/aromatic N) is 1. The van der Waals surface area contributed by atoms with Gasteiger partial charge in [0.25, 0.3) is 0 Å². The van der Waals surface area contributed by atoms with Crippen LogP contribution in [-0.2, 0) is 10.0 Å². The summed E-state index contributed by atoms with van der Waals surface area (Å²) < 4.78 is 53.5. The standard InChI is InChI=1S/C15H11ClF2N2O2S/c1-9(13-4-2-11(17)7-15(13)18)20-23(21,22)12-3-5-14(16)10(6-12)8-19/h2-7,9,20H,1H3. The molecule has 0 aliphatic heterocycles. The third-order valence-electron chi connectivity index (χ3n) is 3.13. The predicted molar refractivity (Wildman–Crippen MR) is 81.3 cm³/mol. The first-order valence-electron chi connectivity index (χ1n) is 6.41. The quantitative estimate of drug-likeness (QED) is 0.911. The number of sulfonamides is 1. The van der Waals surface area contributed by atoms with Gasteiger partial charge in [-0.3, -0.25) is 0 Å². The van der Waals surface area contributed by atoms with Crippen molar-refractivity contribution in [1.29, 1.82) is 5.26 Å². The molecule has 0 aliphatic carbocycles. The maximum atomic E-state index is 13.7. The second-order valence-corrected chi connectivity index (χ2v) is 6.88. The van der Waals surface area contributed by atoms with Crippen LogP contribution in [0.4, 0.5) is 8.78 Å². The lowest BCUT2D eigenvalue weighted by Crippen LogP contribution is -2.27. The first kappa shape index (κ1) is 17.3. The number of nitriles is 1. The lowest BCUT2D eigenvalue weighted by atomic mass is 10.1. The molecule has 0 aliphatic rings. The van der Waals surface area contributed by atoms with Crippen LogP contribution in [0.1, 0.15) is 24.1 Å². The van der Waals surface area contributed by atoms with Crippen LogP contribution in [0.25, 0.3) is 0 Å². The summed E-state index contributed by atoms with van der Waals surface area (Å²) in [6.07, 6.45) is 0. The van der Waals surface area contributed by atoms with Crippen molar-refractivity contribution in [2.45, 2.75) is 17.9 Å². The van der Waals surface area contributed by atoms with Crippen molar-refractivity contribution < 1.29 is 17.2 Å². The van der Waals surface area contributed by atoms with Gasteiger partial charge in [-0.15, -0.1) is 0 Å². The molecule has 0 aromatic heterocycles. The molecule has 0 saturated carbocycles. The lowest BCUT2D eigenvalue weighted by Gasteiger charge is -2.15. The van der Waals surface area contributed by atoms with Gasteiger partial charge in [0.15, 0.2) is 0 Å². The minimum absolute atomic E-state index is 0.00412. The van der Waals surface area contributed by atoms with Crippen molar-refractivity contribution in [3.05, 3.63) is 64.2 Å². The number of hydrogen-bond acceptors (Lipinski definition) is 3. The van der Waals surface area contributed by atoms with Crippen molar-refractivity contribution in [2.75, 3.05) is 0 Å². The van der Waals surface area contributed by atoms with Gasteiger partial charge in [0.2, 0.25) is 10.0 Å². The van der Waals surface area contributed by atoms with Crippen molar-refractivity contribution in [3.8, 4) is 6.07 Å². The van der Waals surface area contributed by atoms with E-state index in [4.69, 9.17) is 16.9 Å². The zero-order valence-electron chi connectivity index (χ0n) is 11.8. The second kappa shape index (κ2) is 6.62.